The summed E-state index contributed by atoms with van der Waals surface area (Å²) in [5.74, 6) is 0.217. The summed E-state index contributed by atoms with van der Waals surface area (Å²) in [6.07, 6.45) is -0.262. The number of benzene rings is 2. The Morgan fingerprint density at radius 3 is 2.41 bits per heavy atom. The highest BCUT2D eigenvalue weighted by Crippen LogP contribution is 2.19. The Morgan fingerprint density at radius 1 is 1.05 bits per heavy atom. The van der Waals surface area contributed by atoms with Crippen LogP contribution in [0.3, 0.4) is 0 Å². The Bertz CT molecular complexity index is 689. The predicted octanol–water partition coefficient (Wildman–Crippen LogP) is 4.30. The molecule has 0 aliphatic rings. The van der Waals surface area contributed by atoms with Crippen LogP contribution in [0.5, 0.6) is 5.75 Å². The van der Waals surface area contributed by atoms with E-state index in [9.17, 15) is 9.59 Å². The standard InChI is InChI=1S/C16H15ClN2O3/c1-2-15(20)18-13-7-4-8-14(10-13)22-16(21)19-12-6-3-5-11(17)9-12/h3-10H,2H2,1H3,(H,18,20)(H,19,21). The van der Waals surface area contributed by atoms with Crippen molar-refractivity contribution in [3.63, 3.8) is 0 Å². The van der Waals surface area contributed by atoms with E-state index in [4.69, 9.17) is 16.3 Å². The number of anilines is 2. The van der Waals surface area contributed by atoms with Gasteiger partial charge in [0.15, 0.2) is 0 Å². The van der Waals surface area contributed by atoms with Gasteiger partial charge in [0, 0.05) is 28.9 Å². The Labute approximate surface area is 133 Å². The molecule has 2 amide bonds. The molecule has 2 aromatic carbocycles. The van der Waals surface area contributed by atoms with E-state index in [0.29, 0.717) is 28.6 Å². The first-order chi connectivity index (χ1) is 10.6. The van der Waals surface area contributed by atoms with E-state index in [1.807, 2.05) is 0 Å². The van der Waals surface area contributed by atoms with Gasteiger partial charge in [-0.05, 0) is 30.3 Å². The predicted molar refractivity (Wildman–Crippen MR) is 86.5 cm³/mol. The van der Waals surface area contributed by atoms with Gasteiger partial charge in [-0.1, -0.05) is 30.7 Å². The topological polar surface area (TPSA) is 67.4 Å². The number of ether oxygens (including phenoxy) is 1. The average Bonchev–Trinajstić information content (AvgIpc) is 2.47. The summed E-state index contributed by atoms with van der Waals surface area (Å²) in [5.41, 5.74) is 1.10. The first kappa shape index (κ1) is 15.9. The van der Waals surface area contributed by atoms with Gasteiger partial charge in [-0.2, -0.15) is 0 Å². The van der Waals surface area contributed by atoms with Crippen LogP contribution in [0.25, 0.3) is 0 Å². The van der Waals surface area contributed by atoms with Crippen molar-refractivity contribution in [2.75, 3.05) is 10.6 Å². The van der Waals surface area contributed by atoms with Crippen molar-refractivity contribution < 1.29 is 14.3 Å². The summed E-state index contributed by atoms with van der Waals surface area (Å²) >= 11 is 5.84. The van der Waals surface area contributed by atoms with Gasteiger partial charge in [0.05, 0.1) is 0 Å². The smallest absolute Gasteiger partial charge is 0.410 e. The largest absolute Gasteiger partial charge is 0.417 e. The second kappa shape index (κ2) is 7.47. The summed E-state index contributed by atoms with van der Waals surface area (Å²) < 4.78 is 5.17. The Hall–Kier alpha value is -2.53. The molecule has 0 radical (unpaired) electrons. The minimum Gasteiger partial charge on any atom is -0.410 e. The summed E-state index contributed by atoms with van der Waals surface area (Å²) in [7, 11) is 0. The maximum absolute atomic E-state index is 11.8. The fourth-order valence-corrected chi connectivity index (χ4v) is 1.89. The van der Waals surface area contributed by atoms with Crippen LogP contribution in [-0.4, -0.2) is 12.0 Å². The zero-order valence-electron chi connectivity index (χ0n) is 11.9. The molecule has 2 rings (SSSR count). The van der Waals surface area contributed by atoms with Crippen LogP contribution in [0.2, 0.25) is 5.02 Å². The minimum atomic E-state index is -0.638. The molecule has 0 aromatic heterocycles. The second-order valence-electron chi connectivity index (χ2n) is 4.45. The summed E-state index contributed by atoms with van der Waals surface area (Å²) in [6.45, 7) is 1.76. The lowest BCUT2D eigenvalue weighted by atomic mass is 10.3. The van der Waals surface area contributed by atoms with Gasteiger partial charge in [0.25, 0.3) is 0 Å². The molecule has 6 heteroatoms. The molecule has 0 spiro atoms. The summed E-state index contributed by atoms with van der Waals surface area (Å²) in [6, 6.07) is 13.3. The van der Waals surface area contributed by atoms with E-state index in [0.717, 1.165) is 0 Å². The van der Waals surface area contributed by atoms with Gasteiger partial charge in [0.1, 0.15) is 5.75 Å². The third kappa shape index (κ3) is 4.79. The van der Waals surface area contributed by atoms with E-state index in [1.54, 1.807) is 55.5 Å². The van der Waals surface area contributed by atoms with Crippen LogP contribution in [0.15, 0.2) is 48.5 Å². The van der Waals surface area contributed by atoms with Gasteiger partial charge < -0.3 is 10.1 Å². The molecule has 2 N–H and O–H groups in total. The van der Waals surface area contributed by atoms with Crippen LogP contribution in [0, 0.1) is 0 Å². The third-order valence-corrected chi connectivity index (χ3v) is 2.96. The van der Waals surface area contributed by atoms with Crippen LogP contribution in [0.4, 0.5) is 16.2 Å². The van der Waals surface area contributed by atoms with Crippen LogP contribution < -0.4 is 15.4 Å². The Balaban J connectivity index is 1.99. The van der Waals surface area contributed by atoms with Crippen molar-refractivity contribution in [1.82, 2.24) is 0 Å². The van der Waals surface area contributed by atoms with Gasteiger partial charge in [-0.25, -0.2) is 4.79 Å². The van der Waals surface area contributed by atoms with E-state index >= 15 is 0 Å². The number of amides is 2. The number of hydrogen-bond acceptors (Lipinski definition) is 3. The lowest BCUT2D eigenvalue weighted by Crippen LogP contribution is -2.17. The molecule has 0 saturated carbocycles. The van der Waals surface area contributed by atoms with Gasteiger partial charge in [-0.15, -0.1) is 0 Å². The van der Waals surface area contributed by atoms with Gasteiger partial charge in [-0.3, -0.25) is 10.1 Å². The highest BCUT2D eigenvalue weighted by atomic mass is 35.5. The van der Waals surface area contributed by atoms with Crippen LogP contribution in [-0.2, 0) is 4.79 Å². The van der Waals surface area contributed by atoms with Crippen LogP contribution >= 0.6 is 11.6 Å². The first-order valence-electron chi connectivity index (χ1n) is 6.71. The number of carbonyl (C=O) groups is 2. The molecule has 0 atom stereocenters. The van der Waals surface area contributed by atoms with Crippen molar-refractivity contribution >= 4 is 35.0 Å². The molecule has 114 valence electrons. The van der Waals surface area contributed by atoms with Gasteiger partial charge >= 0.3 is 6.09 Å². The molecule has 0 fully saturated rings. The molecule has 0 aliphatic heterocycles. The Kier molecular flexibility index (Phi) is 5.38. The molecule has 0 bridgehead atoms. The first-order valence-corrected chi connectivity index (χ1v) is 7.09. The number of hydrogen-bond donors (Lipinski definition) is 2. The monoisotopic (exact) mass is 318 g/mol. The third-order valence-electron chi connectivity index (χ3n) is 2.72. The molecule has 0 saturated heterocycles. The van der Waals surface area contributed by atoms with Crippen molar-refractivity contribution in [1.29, 1.82) is 0 Å². The molecule has 0 unspecified atom stereocenters. The molecular formula is C16H15ClN2O3. The number of carbonyl (C=O) groups excluding carboxylic acids is 2. The van der Waals surface area contributed by atoms with Crippen molar-refractivity contribution in [2.24, 2.45) is 0 Å². The highest BCUT2D eigenvalue weighted by molar-refractivity contribution is 6.30. The fraction of sp³-hybridized carbons (Fsp3) is 0.125. The van der Waals surface area contributed by atoms with Crippen molar-refractivity contribution in [2.45, 2.75) is 13.3 Å². The molecule has 0 aliphatic carbocycles. The maximum atomic E-state index is 11.8. The Morgan fingerprint density at radius 2 is 1.73 bits per heavy atom. The fourth-order valence-electron chi connectivity index (χ4n) is 1.70. The lowest BCUT2D eigenvalue weighted by Gasteiger charge is -2.09. The SMILES string of the molecule is CCC(=O)Nc1cccc(OC(=O)Nc2cccc(Cl)c2)c1. The quantitative estimate of drug-likeness (QED) is 0.883. The molecule has 22 heavy (non-hydrogen) atoms. The summed E-state index contributed by atoms with van der Waals surface area (Å²) in [5, 5.41) is 5.78. The van der Waals surface area contributed by atoms with E-state index in [1.165, 1.54) is 0 Å². The normalized spacial score (nSPS) is 9.91. The molecular weight excluding hydrogens is 304 g/mol. The van der Waals surface area contributed by atoms with E-state index < -0.39 is 6.09 Å². The summed E-state index contributed by atoms with van der Waals surface area (Å²) in [4.78, 5) is 23.2. The average molecular weight is 319 g/mol. The van der Waals surface area contributed by atoms with Crippen LogP contribution in [0.1, 0.15) is 13.3 Å². The zero-order valence-corrected chi connectivity index (χ0v) is 12.7. The molecule has 2 aromatic rings. The number of nitrogens with one attached hydrogen (secondary N) is 2. The maximum Gasteiger partial charge on any atom is 0.417 e. The molecule has 5 nitrogen and oxygen atoms in total. The van der Waals surface area contributed by atoms with Gasteiger partial charge in [0.2, 0.25) is 5.91 Å². The number of rotatable bonds is 4. The lowest BCUT2D eigenvalue weighted by molar-refractivity contribution is -0.115. The zero-order chi connectivity index (χ0) is 15.9. The van der Waals surface area contributed by atoms with Crippen molar-refractivity contribution in [3.8, 4) is 5.75 Å². The van der Waals surface area contributed by atoms with E-state index in [-0.39, 0.29) is 5.91 Å². The van der Waals surface area contributed by atoms with Crippen molar-refractivity contribution in [3.05, 3.63) is 53.6 Å². The minimum absolute atomic E-state index is 0.111. The second-order valence-corrected chi connectivity index (χ2v) is 4.89. The highest BCUT2D eigenvalue weighted by Gasteiger charge is 2.07. The number of halogens is 1. The molecule has 0 heterocycles. The van der Waals surface area contributed by atoms with E-state index in [2.05, 4.69) is 10.6 Å².